The molecule has 1 atom stereocenters. The first kappa shape index (κ1) is 17.6. The van der Waals surface area contributed by atoms with Crippen LogP contribution in [-0.2, 0) is 16.0 Å². The highest BCUT2D eigenvalue weighted by atomic mass is 35.5. The number of thiophene rings is 1. The van der Waals surface area contributed by atoms with Crippen molar-refractivity contribution in [3.05, 3.63) is 56.7 Å². The summed E-state index contributed by atoms with van der Waals surface area (Å²) in [5, 5.41) is 2.78. The van der Waals surface area contributed by atoms with Gasteiger partial charge in [-0.3, -0.25) is 9.59 Å². The molecule has 26 heavy (non-hydrogen) atoms. The molecule has 1 saturated carbocycles. The Bertz CT molecular complexity index is 829. The Morgan fingerprint density at radius 3 is 2.62 bits per heavy atom. The van der Waals surface area contributed by atoms with Crippen LogP contribution in [0, 0.1) is 0 Å². The summed E-state index contributed by atoms with van der Waals surface area (Å²) in [5.74, 6) is 0.000949. The topological polar surface area (TPSA) is 40.6 Å². The zero-order valence-corrected chi connectivity index (χ0v) is 16.2. The van der Waals surface area contributed by atoms with E-state index >= 15 is 0 Å². The van der Waals surface area contributed by atoms with Gasteiger partial charge in [0.05, 0.1) is 6.04 Å². The highest BCUT2D eigenvalue weighted by Crippen LogP contribution is 2.38. The fourth-order valence-corrected chi connectivity index (χ4v) is 4.74. The summed E-state index contributed by atoms with van der Waals surface area (Å²) >= 11 is 7.80. The fourth-order valence-electron chi connectivity index (χ4n) is 3.71. The lowest BCUT2D eigenvalue weighted by Gasteiger charge is -2.37. The third-order valence-electron chi connectivity index (χ3n) is 5.17. The van der Waals surface area contributed by atoms with Crippen molar-refractivity contribution in [1.29, 1.82) is 0 Å². The van der Waals surface area contributed by atoms with Gasteiger partial charge in [-0.15, -0.1) is 11.3 Å². The molecular formula is C20H21ClN2O2S. The van der Waals surface area contributed by atoms with Crippen LogP contribution in [0.15, 0.2) is 35.7 Å². The second-order valence-corrected chi connectivity index (χ2v) is 8.41. The molecule has 4 rings (SSSR count). The molecule has 0 bridgehead atoms. The second-order valence-electron chi connectivity index (χ2n) is 6.97. The minimum atomic E-state index is -0.109. The van der Waals surface area contributed by atoms with Crippen LogP contribution in [0.3, 0.4) is 0 Å². The normalized spacial score (nSPS) is 19.2. The van der Waals surface area contributed by atoms with Gasteiger partial charge in [-0.25, -0.2) is 0 Å². The largest absolute Gasteiger partial charge is 0.331 e. The molecule has 1 aliphatic carbocycles. The third-order valence-corrected chi connectivity index (χ3v) is 6.42. The molecular weight excluding hydrogens is 368 g/mol. The second kappa shape index (κ2) is 7.05. The van der Waals surface area contributed by atoms with E-state index in [1.54, 1.807) is 23.2 Å². The van der Waals surface area contributed by atoms with Gasteiger partial charge in [0, 0.05) is 29.4 Å². The number of rotatable bonds is 4. The third kappa shape index (κ3) is 3.38. The van der Waals surface area contributed by atoms with E-state index in [4.69, 9.17) is 11.6 Å². The van der Waals surface area contributed by atoms with Crippen molar-refractivity contribution in [2.24, 2.45) is 0 Å². The Balaban J connectivity index is 1.64. The predicted octanol–water partition coefficient (Wildman–Crippen LogP) is 3.89. The maximum atomic E-state index is 13.1. The van der Waals surface area contributed by atoms with E-state index < -0.39 is 0 Å². The molecule has 2 heterocycles. The van der Waals surface area contributed by atoms with Crippen LogP contribution >= 0.6 is 22.9 Å². The highest BCUT2D eigenvalue weighted by molar-refractivity contribution is 7.10. The van der Waals surface area contributed by atoms with E-state index in [1.807, 2.05) is 29.2 Å². The van der Waals surface area contributed by atoms with Gasteiger partial charge in [-0.2, -0.15) is 0 Å². The Morgan fingerprint density at radius 1 is 1.23 bits per heavy atom. The maximum absolute atomic E-state index is 13.1. The molecule has 0 N–H and O–H groups in total. The van der Waals surface area contributed by atoms with Crippen LogP contribution in [0.4, 0.5) is 0 Å². The highest BCUT2D eigenvalue weighted by Gasteiger charge is 2.37. The number of benzene rings is 1. The molecule has 4 nitrogen and oxygen atoms in total. The quantitative estimate of drug-likeness (QED) is 0.797. The van der Waals surface area contributed by atoms with Crippen molar-refractivity contribution in [1.82, 2.24) is 9.80 Å². The van der Waals surface area contributed by atoms with E-state index in [0.29, 0.717) is 11.6 Å². The van der Waals surface area contributed by atoms with Gasteiger partial charge in [0.2, 0.25) is 11.8 Å². The zero-order chi connectivity index (χ0) is 18.3. The lowest BCUT2D eigenvalue weighted by atomic mass is 9.93. The number of carbonyl (C=O) groups excluding carboxylic acids is 2. The van der Waals surface area contributed by atoms with Gasteiger partial charge in [0.25, 0.3) is 0 Å². The summed E-state index contributed by atoms with van der Waals surface area (Å²) < 4.78 is 0. The zero-order valence-electron chi connectivity index (χ0n) is 14.7. The molecule has 2 aliphatic rings. The van der Waals surface area contributed by atoms with Crippen LogP contribution < -0.4 is 0 Å². The number of halogens is 1. The summed E-state index contributed by atoms with van der Waals surface area (Å²) in [6.45, 7) is 2.40. The van der Waals surface area contributed by atoms with Gasteiger partial charge >= 0.3 is 0 Å². The lowest BCUT2D eigenvalue weighted by molar-refractivity contribution is -0.141. The minimum Gasteiger partial charge on any atom is -0.331 e. The Labute approximate surface area is 162 Å². The van der Waals surface area contributed by atoms with Crippen LogP contribution in [0.5, 0.6) is 0 Å². The summed E-state index contributed by atoms with van der Waals surface area (Å²) in [6, 6.07) is 9.96. The van der Waals surface area contributed by atoms with Crippen molar-refractivity contribution in [2.75, 3.05) is 13.1 Å². The number of hydrogen-bond donors (Lipinski definition) is 0. The van der Waals surface area contributed by atoms with Gasteiger partial charge in [-0.05, 0) is 54.0 Å². The maximum Gasteiger partial charge on any atom is 0.243 e. The standard InChI is InChI=1S/C20H21ClN2O2S/c1-13(24)23(16-6-7-16)12-19(25)22-10-8-18-17(9-11-26-18)20(22)14-2-4-15(21)5-3-14/h2-5,9,11,16,20H,6-8,10,12H2,1H3. The Morgan fingerprint density at radius 2 is 1.96 bits per heavy atom. The van der Waals surface area contributed by atoms with Crippen molar-refractivity contribution in [2.45, 2.75) is 38.3 Å². The summed E-state index contributed by atoms with van der Waals surface area (Å²) in [6.07, 6.45) is 2.87. The van der Waals surface area contributed by atoms with Gasteiger partial charge in [0.1, 0.15) is 6.54 Å². The van der Waals surface area contributed by atoms with Crippen LogP contribution in [0.25, 0.3) is 0 Å². The van der Waals surface area contributed by atoms with E-state index in [2.05, 4.69) is 11.4 Å². The van der Waals surface area contributed by atoms with E-state index in [0.717, 1.165) is 24.8 Å². The van der Waals surface area contributed by atoms with E-state index in [9.17, 15) is 9.59 Å². The molecule has 6 heteroatoms. The molecule has 1 fully saturated rings. The van der Waals surface area contributed by atoms with Crippen LogP contribution in [-0.4, -0.2) is 40.7 Å². The first-order chi connectivity index (χ1) is 12.5. The van der Waals surface area contributed by atoms with Crippen molar-refractivity contribution in [3.8, 4) is 0 Å². The molecule has 1 unspecified atom stereocenters. The van der Waals surface area contributed by atoms with Gasteiger partial charge in [-0.1, -0.05) is 23.7 Å². The van der Waals surface area contributed by atoms with Gasteiger partial charge in [0.15, 0.2) is 0 Å². The average Bonchev–Trinajstić information content (AvgIpc) is 3.35. The van der Waals surface area contributed by atoms with Crippen molar-refractivity contribution < 1.29 is 9.59 Å². The number of carbonyl (C=O) groups is 2. The summed E-state index contributed by atoms with van der Waals surface area (Å²) in [5.41, 5.74) is 2.25. The van der Waals surface area contributed by atoms with Gasteiger partial charge < -0.3 is 9.80 Å². The van der Waals surface area contributed by atoms with Crippen LogP contribution in [0.2, 0.25) is 5.02 Å². The molecule has 2 aromatic rings. The molecule has 1 aromatic carbocycles. The van der Waals surface area contributed by atoms with Crippen molar-refractivity contribution in [3.63, 3.8) is 0 Å². The first-order valence-electron chi connectivity index (χ1n) is 8.93. The molecule has 2 amide bonds. The molecule has 1 aliphatic heterocycles. The smallest absolute Gasteiger partial charge is 0.243 e. The number of hydrogen-bond acceptors (Lipinski definition) is 3. The number of amides is 2. The average molecular weight is 389 g/mol. The molecule has 1 aromatic heterocycles. The lowest BCUT2D eigenvalue weighted by Crippen LogP contribution is -2.47. The monoisotopic (exact) mass is 388 g/mol. The first-order valence-corrected chi connectivity index (χ1v) is 10.2. The fraction of sp³-hybridized carbons (Fsp3) is 0.400. The Kier molecular flexibility index (Phi) is 4.76. The van der Waals surface area contributed by atoms with E-state index in [-0.39, 0.29) is 30.4 Å². The molecule has 0 saturated heterocycles. The number of nitrogens with zero attached hydrogens (tertiary/aromatic N) is 2. The molecule has 0 spiro atoms. The van der Waals surface area contributed by atoms with Crippen LogP contribution in [0.1, 0.15) is 41.8 Å². The molecule has 0 radical (unpaired) electrons. The minimum absolute atomic E-state index is 0.0166. The Hall–Kier alpha value is -1.85. The van der Waals surface area contributed by atoms with Crippen molar-refractivity contribution >= 4 is 34.8 Å². The summed E-state index contributed by atoms with van der Waals surface area (Å²) in [7, 11) is 0. The SMILES string of the molecule is CC(=O)N(CC(=O)N1CCc2sccc2C1c1ccc(Cl)cc1)C1CC1. The van der Waals surface area contributed by atoms with E-state index in [1.165, 1.54) is 10.4 Å². The number of fused-ring (bicyclic) bond motifs is 1. The predicted molar refractivity (Wildman–Crippen MR) is 103 cm³/mol. The summed E-state index contributed by atoms with van der Waals surface area (Å²) in [4.78, 5) is 30.1. The molecule has 136 valence electrons.